The van der Waals surface area contributed by atoms with Crippen LogP contribution in [0.5, 0.6) is 0 Å². The third-order valence-electron chi connectivity index (χ3n) is 2.19. The van der Waals surface area contributed by atoms with Crippen LogP contribution in [0.3, 0.4) is 0 Å². The molecule has 3 heteroatoms. The van der Waals surface area contributed by atoms with Gasteiger partial charge in [0.1, 0.15) is 0 Å². The Balaban J connectivity index is 2.52. The van der Waals surface area contributed by atoms with Crippen molar-refractivity contribution in [1.82, 2.24) is 0 Å². The lowest BCUT2D eigenvalue weighted by Crippen LogP contribution is -2.04. The number of carbonyl (C=O) groups excluding carboxylic acids is 1. The van der Waals surface area contributed by atoms with Crippen LogP contribution in [0.4, 0.5) is 0 Å². The Hall–Kier alpha value is -1.35. The second kappa shape index (κ2) is 6.19. The van der Waals surface area contributed by atoms with Crippen LogP contribution in [0.2, 0.25) is 0 Å². The average Bonchev–Trinajstić information content (AvgIpc) is 2.28. The van der Waals surface area contributed by atoms with Gasteiger partial charge in [-0.15, -0.1) is 0 Å². The molecule has 0 fully saturated rings. The van der Waals surface area contributed by atoms with Crippen molar-refractivity contribution in [3.05, 3.63) is 35.4 Å². The number of esters is 1. The monoisotopic (exact) mass is 208 g/mol. The summed E-state index contributed by atoms with van der Waals surface area (Å²) >= 11 is 0. The molecular formula is C12H16O3. The summed E-state index contributed by atoms with van der Waals surface area (Å²) in [5.41, 5.74) is 2.19. The molecule has 0 unspecified atom stereocenters. The van der Waals surface area contributed by atoms with Crippen LogP contribution >= 0.6 is 0 Å². The minimum Gasteiger partial charge on any atom is -0.469 e. The van der Waals surface area contributed by atoms with Gasteiger partial charge in [-0.2, -0.15) is 0 Å². The molecule has 0 saturated carbocycles. The third-order valence-corrected chi connectivity index (χ3v) is 2.19. The number of benzene rings is 1. The lowest BCUT2D eigenvalue weighted by atomic mass is 10.1. The van der Waals surface area contributed by atoms with Gasteiger partial charge in [-0.3, -0.25) is 4.79 Å². The predicted molar refractivity (Wildman–Crippen MR) is 57.7 cm³/mol. The number of hydrogen-bond acceptors (Lipinski definition) is 3. The molecule has 0 radical (unpaired) electrons. The number of carbonyl (C=O) groups is 1. The largest absolute Gasteiger partial charge is 0.469 e. The van der Waals surface area contributed by atoms with Crippen molar-refractivity contribution < 1.29 is 14.3 Å². The summed E-state index contributed by atoms with van der Waals surface area (Å²) in [7, 11) is 3.08. The van der Waals surface area contributed by atoms with Gasteiger partial charge in [0.2, 0.25) is 0 Å². The van der Waals surface area contributed by atoms with Gasteiger partial charge >= 0.3 is 5.97 Å². The lowest BCUT2D eigenvalue weighted by molar-refractivity contribution is -0.139. The Morgan fingerprint density at radius 3 is 2.27 bits per heavy atom. The average molecular weight is 208 g/mol. The van der Waals surface area contributed by atoms with Crippen molar-refractivity contribution in [2.75, 3.05) is 20.8 Å². The Morgan fingerprint density at radius 2 is 1.73 bits per heavy atom. The van der Waals surface area contributed by atoms with Gasteiger partial charge in [-0.1, -0.05) is 24.3 Å². The first-order chi connectivity index (χ1) is 7.26. The van der Waals surface area contributed by atoms with E-state index in [0.29, 0.717) is 6.42 Å². The summed E-state index contributed by atoms with van der Waals surface area (Å²) in [6, 6.07) is 7.92. The fourth-order valence-corrected chi connectivity index (χ4v) is 1.28. The molecule has 1 rings (SSSR count). The summed E-state index contributed by atoms with van der Waals surface area (Å²) in [5, 5.41) is 0. The van der Waals surface area contributed by atoms with E-state index < -0.39 is 0 Å². The van der Waals surface area contributed by atoms with E-state index in [1.807, 2.05) is 24.3 Å². The van der Waals surface area contributed by atoms with Crippen molar-refractivity contribution in [3.8, 4) is 0 Å². The summed E-state index contributed by atoms with van der Waals surface area (Å²) in [6.45, 7) is 0.719. The van der Waals surface area contributed by atoms with Crippen LogP contribution in [-0.4, -0.2) is 26.8 Å². The van der Waals surface area contributed by atoms with Crippen molar-refractivity contribution in [2.45, 2.75) is 12.8 Å². The molecule has 0 amide bonds. The Kier molecular flexibility index (Phi) is 4.84. The topological polar surface area (TPSA) is 35.5 Å². The zero-order valence-electron chi connectivity index (χ0n) is 9.16. The highest BCUT2D eigenvalue weighted by Gasteiger charge is 2.02. The molecule has 82 valence electrons. The fourth-order valence-electron chi connectivity index (χ4n) is 1.28. The minimum absolute atomic E-state index is 0.209. The molecule has 15 heavy (non-hydrogen) atoms. The summed E-state index contributed by atoms with van der Waals surface area (Å²) < 4.78 is 9.57. The van der Waals surface area contributed by atoms with E-state index in [1.165, 1.54) is 12.7 Å². The first-order valence-electron chi connectivity index (χ1n) is 4.90. The maximum atomic E-state index is 11.0. The second-order valence-electron chi connectivity index (χ2n) is 3.31. The molecule has 1 aromatic carbocycles. The van der Waals surface area contributed by atoms with Crippen molar-refractivity contribution >= 4 is 5.97 Å². The quantitative estimate of drug-likeness (QED) is 0.689. The van der Waals surface area contributed by atoms with E-state index in [4.69, 9.17) is 4.74 Å². The maximum Gasteiger partial charge on any atom is 0.309 e. The first-order valence-corrected chi connectivity index (χ1v) is 4.90. The molecule has 0 heterocycles. The zero-order valence-corrected chi connectivity index (χ0v) is 9.16. The number of ether oxygens (including phenoxy) is 2. The van der Waals surface area contributed by atoms with Crippen LogP contribution in [0.1, 0.15) is 11.1 Å². The SMILES string of the molecule is COCCc1ccc(CC(=O)OC)cc1. The standard InChI is InChI=1S/C12H16O3/c1-14-8-7-10-3-5-11(6-4-10)9-12(13)15-2/h3-6H,7-9H2,1-2H3. The molecular weight excluding hydrogens is 192 g/mol. The third kappa shape index (κ3) is 4.13. The Bertz CT molecular complexity index is 303. The zero-order chi connectivity index (χ0) is 11.1. The van der Waals surface area contributed by atoms with Crippen molar-refractivity contribution in [1.29, 1.82) is 0 Å². The Morgan fingerprint density at radius 1 is 1.13 bits per heavy atom. The molecule has 3 nitrogen and oxygen atoms in total. The Labute approximate surface area is 90.0 Å². The van der Waals surface area contributed by atoms with Crippen molar-refractivity contribution in [2.24, 2.45) is 0 Å². The van der Waals surface area contributed by atoms with E-state index >= 15 is 0 Å². The molecule has 0 spiro atoms. The van der Waals surface area contributed by atoms with E-state index in [9.17, 15) is 4.79 Å². The molecule has 0 N–H and O–H groups in total. The summed E-state index contributed by atoms with van der Waals surface area (Å²) in [4.78, 5) is 11.0. The van der Waals surface area contributed by atoms with E-state index in [0.717, 1.165) is 18.6 Å². The minimum atomic E-state index is -0.209. The van der Waals surface area contributed by atoms with Crippen LogP contribution < -0.4 is 0 Å². The predicted octanol–water partition coefficient (Wildman–Crippen LogP) is 1.59. The summed E-state index contributed by atoms with van der Waals surface area (Å²) in [5.74, 6) is -0.209. The molecule has 0 saturated heterocycles. The van der Waals surface area contributed by atoms with Gasteiger partial charge in [0.25, 0.3) is 0 Å². The normalized spacial score (nSPS) is 10.0. The first kappa shape index (κ1) is 11.7. The number of hydrogen-bond donors (Lipinski definition) is 0. The second-order valence-corrected chi connectivity index (χ2v) is 3.31. The molecule has 0 atom stereocenters. The number of methoxy groups -OCH3 is 2. The maximum absolute atomic E-state index is 11.0. The van der Waals surface area contributed by atoms with E-state index in [-0.39, 0.29) is 5.97 Å². The van der Waals surface area contributed by atoms with Crippen LogP contribution in [0.25, 0.3) is 0 Å². The molecule has 0 aromatic heterocycles. The lowest BCUT2D eigenvalue weighted by Gasteiger charge is -2.03. The van der Waals surface area contributed by atoms with Gasteiger partial charge in [0.05, 0.1) is 20.1 Å². The van der Waals surface area contributed by atoms with E-state index in [1.54, 1.807) is 7.11 Å². The van der Waals surface area contributed by atoms with Crippen molar-refractivity contribution in [3.63, 3.8) is 0 Å². The van der Waals surface area contributed by atoms with Crippen LogP contribution in [0, 0.1) is 0 Å². The van der Waals surface area contributed by atoms with Gasteiger partial charge in [-0.05, 0) is 17.5 Å². The van der Waals surface area contributed by atoms with Gasteiger partial charge < -0.3 is 9.47 Å². The molecule has 0 aliphatic rings. The van der Waals surface area contributed by atoms with Gasteiger partial charge in [0, 0.05) is 7.11 Å². The highest BCUT2D eigenvalue weighted by Crippen LogP contribution is 2.06. The molecule has 1 aromatic rings. The molecule has 0 aliphatic carbocycles. The van der Waals surface area contributed by atoms with Crippen LogP contribution in [0.15, 0.2) is 24.3 Å². The molecule has 0 bridgehead atoms. The fraction of sp³-hybridized carbons (Fsp3) is 0.417. The smallest absolute Gasteiger partial charge is 0.309 e. The van der Waals surface area contributed by atoms with E-state index in [2.05, 4.69) is 4.74 Å². The highest BCUT2D eigenvalue weighted by atomic mass is 16.5. The number of rotatable bonds is 5. The van der Waals surface area contributed by atoms with Crippen LogP contribution in [-0.2, 0) is 27.1 Å². The highest BCUT2D eigenvalue weighted by molar-refractivity contribution is 5.72. The summed E-state index contributed by atoms with van der Waals surface area (Å²) in [6.07, 6.45) is 1.23. The van der Waals surface area contributed by atoms with Gasteiger partial charge in [0.15, 0.2) is 0 Å². The van der Waals surface area contributed by atoms with Gasteiger partial charge in [-0.25, -0.2) is 0 Å². The molecule has 0 aliphatic heterocycles.